The Morgan fingerprint density at radius 3 is 2.24 bits per heavy atom. The number of carbonyl (C=O) groups is 1. The van der Waals surface area contributed by atoms with Crippen LogP contribution < -0.4 is 10.2 Å². The van der Waals surface area contributed by atoms with Gasteiger partial charge in [0.2, 0.25) is 11.2 Å². The zero-order chi connectivity index (χ0) is 39.2. The Hall–Kier alpha value is -3.32. The number of aliphatic hydroxyl groups is 2. The average Bonchev–Trinajstić information content (AvgIpc) is 3.68. The van der Waals surface area contributed by atoms with E-state index in [1.54, 1.807) is 0 Å². The number of nitrogens with zero attached hydrogens (tertiary/aromatic N) is 5. The monoisotopic (exact) mass is 812 g/mol. The fourth-order valence-corrected chi connectivity index (χ4v) is 6.30. The number of hydrogen-bond donors (Lipinski definition) is 5. The third-order valence-electron chi connectivity index (χ3n) is 8.55. The van der Waals surface area contributed by atoms with E-state index >= 15 is 0 Å². The van der Waals surface area contributed by atoms with Gasteiger partial charge in [-0.15, -0.1) is 6.42 Å². The molecule has 2 aliphatic rings. The van der Waals surface area contributed by atoms with Crippen LogP contribution in [-0.4, -0.2) is 156 Å². The first-order valence-corrected chi connectivity index (χ1v) is 19.7. The highest BCUT2D eigenvalue weighted by atomic mass is 35.5. The van der Waals surface area contributed by atoms with Gasteiger partial charge in [-0.2, -0.15) is 15.1 Å². The Kier molecular flexibility index (Phi) is 16.6. The van der Waals surface area contributed by atoms with Gasteiger partial charge < -0.3 is 63.4 Å². The third kappa shape index (κ3) is 12.6. The number of aliphatic hydroxyl groups excluding tert-OH is 2. The third-order valence-corrected chi connectivity index (χ3v) is 9.24. The van der Waals surface area contributed by atoms with Crippen LogP contribution in [0.5, 0.6) is 0 Å². The zero-order valence-corrected chi connectivity index (χ0v) is 31.6. The molecule has 2 aliphatic heterocycles. The van der Waals surface area contributed by atoms with Crippen LogP contribution in [-0.2, 0) is 42.5 Å². The van der Waals surface area contributed by atoms with E-state index in [-0.39, 0.29) is 42.6 Å². The van der Waals surface area contributed by atoms with Gasteiger partial charge in [0.1, 0.15) is 37.1 Å². The van der Waals surface area contributed by atoms with Crippen molar-refractivity contribution in [3.8, 4) is 12.3 Å². The van der Waals surface area contributed by atoms with Gasteiger partial charge in [-0.25, -0.2) is 4.68 Å². The highest BCUT2D eigenvalue weighted by Crippen LogP contribution is 2.37. The molecule has 2 fully saturated rings. The molecule has 5 N–H and O–H groups in total. The molecule has 0 saturated carbocycles. The van der Waals surface area contributed by atoms with Crippen molar-refractivity contribution < 1.29 is 62.5 Å². The van der Waals surface area contributed by atoms with Gasteiger partial charge in [-0.1, -0.05) is 36.3 Å². The predicted molar refractivity (Wildman–Crippen MR) is 195 cm³/mol. The minimum atomic E-state index is -4.44. The van der Waals surface area contributed by atoms with Crippen molar-refractivity contribution in [2.45, 2.75) is 30.6 Å². The minimum Gasteiger partial charge on any atom is -0.387 e. The van der Waals surface area contributed by atoms with E-state index < -0.39 is 44.5 Å². The second kappa shape index (κ2) is 21.3. The Balaban J connectivity index is 1.07. The first kappa shape index (κ1) is 42.8. The second-order valence-corrected chi connectivity index (χ2v) is 14.5. The SMILES string of the molecule is C#CCOCCOCCOCCOCCOC[C@H](NC(=O)C1CN(c2nc(Cl)nc3c2cnn3[C@@H]2OC(COCP(=O)(O)O)[C@@H](O)[C@H]2O)C1)c1ccccc1. The van der Waals surface area contributed by atoms with Crippen LogP contribution in [0.25, 0.3) is 11.0 Å². The fourth-order valence-electron chi connectivity index (χ4n) is 5.79. The van der Waals surface area contributed by atoms with Crippen LogP contribution in [0.3, 0.4) is 0 Å². The molecule has 21 heteroatoms. The number of rotatable bonds is 24. The van der Waals surface area contributed by atoms with Crippen LogP contribution in [0, 0.1) is 18.3 Å². The second-order valence-electron chi connectivity index (χ2n) is 12.6. The maximum absolute atomic E-state index is 13.4. The first-order valence-electron chi connectivity index (χ1n) is 17.5. The molecule has 0 aliphatic carbocycles. The molecule has 3 aromatic rings. The van der Waals surface area contributed by atoms with Gasteiger partial charge in [-0.3, -0.25) is 9.36 Å². The summed E-state index contributed by atoms with van der Waals surface area (Å²) in [5.74, 6) is 2.27. The summed E-state index contributed by atoms with van der Waals surface area (Å²) < 4.78 is 50.6. The number of terminal acetylenes is 1. The van der Waals surface area contributed by atoms with Crippen molar-refractivity contribution in [1.82, 2.24) is 25.1 Å². The summed E-state index contributed by atoms with van der Waals surface area (Å²) in [6.45, 7) is 4.02. The molecule has 5 atom stereocenters. The number of hydrogen-bond acceptors (Lipinski definition) is 15. The van der Waals surface area contributed by atoms with Crippen LogP contribution in [0.15, 0.2) is 36.5 Å². The molecule has 1 aromatic carbocycles. The number of aromatic nitrogens is 4. The van der Waals surface area contributed by atoms with Crippen LogP contribution in [0.1, 0.15) is 17.8 Å². The summed E-state index contributed by atoms with van der Waals surface area (Å²) in [5, 5.41) is 29.0. The maximum Gasteiger partial charge on any atom is 0.350 e. The van der Waals surface area contributed by atoms with Crippen molar-refractivity contribution in [3.63, 3.8) is 0 Å². The number of halogens is 1. The van der Waals surface area contributed by atoms with Crippen LogP contribution in [0.2, 0.25) is 5.28 Å². The largest absolute Gasteiger partial charge is 0.387 e. The molecule has 1 amide bonds. The van der Waals surface area contributed by atoms with E-state index in [9.17, 15) is 19.6 Å². The minimum absolute atomic E-state index is 0.117. The Morgan fingerprint density at radius 1 is 0.964 bits per heavy atom. The molecule has 4 heterocycles. The fraction of sp³-hybridized carbons (Fsp3) is 0.588. The molecular formula is C34H46ClN6O13P. The number of fused-ring (bicyclic) bond motifs is 1. The molecule has 0 radical (unpaired) electrons. The quantitative estimate of drug-likeness (QED) is 0.0353. The highest BCUT2D eigenvalue weighted by molar-refractivity contribution is 7.51. The van der Waals surface area contributed by atoms with E-state index in [2.05, 4.69) is 26.3 Å². The molecule has 302 valence electrons. The lowest BCUT2D eigenvalue weighted by atomic mass is 9.97. The average molecular weight is 813 g/mol. The number of carbonyl (C=O) groups excluding carboxylic acids is 1. The zero-order valence-electron chi connectivity index (χ0n) is 29.9. The molecule has 5 rings (SSSR count). The van der Waals surface area contributed by atoms with Gasteiger partial charge in [0, 0.05) is 13.1 Å². The predicted octanol–water partition coefficient (Wildman–Crippen LogP) is 0.261. The van der Waals surface area contributed by atoms with E-state index in [4.69, 9.17) is 61.0 Å². The number of anilines is 1. The molecule has 1 unspecified atom stereocenters. The van der Waals surface area contributed by atoms with Crippen molar-refractivity contribution in [1.29, 1.82) is 0 Å². The number of nitrogens with one attached hydrogen (secondary N) is 1. The molecule has 0 spiro atoms. The standard InChI is InChI=1S/C34H46ClN6O13P/c1-2-8-48-9-10-49-11-12-50-13-14-51-15-16-52-20-26(23-6-4-3-5-7-23)37-32(44)24-18-40(19-24)30-25-17-36-41(31(25)39-34(35)38-30)33-29(43)28(42)27(54-33)21-53-22-55(45,46)47/h1,3-7,17,24,26-29,33,42-43H,8-16,18-22H2,(H,37,44)(H2,45,46,47)/t26-,27?,28+,29+,33+/m0/s1. The van der Waals surface area contributed by atoms with Gasteiger partial charge in [-0.05, 0) is 17.2 Å². The van der Waals surface area contributed by atoms with E-state index in [1.807, 2.05) is 35.2 Å². The summed E-state index contributed by atoms with van der Waals surface area (Å²) in [4.78, 5) is 42.0. The van der Waals surface area contributed by atoms with Gasteiger partial charge >= 0.3 is 7.60 Å². The summed E-state index contributed by atoms with van der Waals surface area (Å²) in [6, 6.07) is 9.11. The van der Waals surface area contributed by atoms with E-state index in [0.717, 1.165) is 5.56 Å². The van der Waals surface area contributed by atoms with E-state index in [0.29, 0.717) is 77.1 Å². The lowest BCUT2D eigenvalue weighted by Gasteiger charge is -2.40. The normalized spacial score (nSPS) is 20.8. The maximum atomic E-state index is 13.4. The summed E-state index contributed by atoms with van der Waals surface area (Å²) in [5.41, 5.74) is 1.10. The highest BCUT2D eigenvalue weighted by Gasteiger charge is 2.45. The van der Waals surface area contributed by atoms with Gasteiger partial charge in [0.25, 0.3) is 0 Å². The Morgan fingerprint density at radius 2 is 1.60 bits per heavy atom. The summed E-state index contributed by atoms with van der Waals surface area (Å²) in [6.07, 6.45) is 0.480. The van der Waals surface area contributed by atoms with Crippen molar-refractivity contribution >= 4 is 42.0 Å². The topological polar surface area (TPSA) is 239 Å². The molecule has 2 aromatic heterocycles. The van der Waals surface area contributed by atoms with E-state index in [1.165, 1.54) is 10.9 Å². The molecule has 2 saturated heterocycles. The molecule has 19 nitrogen and oxygen atoms in total. The number of ether oxygens (including phenoxy) is 7. The number of benzene rings is 1. The molecule has 0 bridgehead atoms. The summed E-state index contributed by atoms with van der Waals surface area (Å²) in [7, 11) is -4.44. The van der Waals surface area contributed by atoms with Crippen molar-refractivity contribution in [2.75, 3.05) is 97.0 Å². The summed E-state index contributed by atoms with van der Waals surface area (Å²) >= 11 is 6.30. The molecular weight excluding hydrogens is 767 g/mol. The van der Waals surface area contributed by atoms with Crippen molar-refractivity contribution in [3.05, 3.63) is 47.4 Å². The lowest BCUT2D eigenvalue weighted by molar-refractivity contribution is -0.127. The lowest BCUT2D eigenvalue weighted by Crippen LogP contribution is -2.54. The Labute approximate surface area is 322 Å². The molecule has 55 heavy (non-hydrogen) atoms. The van der Waals surface area contributed by atoms with Crippen LogP contribution in [0.4, 0.5) is 5.82 Å². The smallest absolute Gasteiger partial charge is 0.350 e. The number of amides is 1. The first-order chi connectivity index (χ1) is 26.6. The van der Waals surface area contributed by atoms with Crippen LogP contribution >= 0.6 is 19.2 Å². The Bertz CT molecular complexity index is 1740. The van der Waals surface area contributed by atoms with Crippen molar-refractivity contribution in [2.24, 2.45) is 5.92 Å². The van der Waals surface area contributed by atoms with Gasteiger partial charge in [0.15, 0.2) is 11.9 Å². The van der Waals surface area contributed by atoms with Gasteiger partial charge in [0.05, 0.1) is 89.6 Å².